The molecule has 31 heavy (non-hydrogen) atoms. The minimum atomic E-state index is -0.555. The Hall–Kier alpha value is -2.60. The average Bonchev–Trinajstić information content (AvgIpc) is 3.08. The van der Waals surface area contributed by atoms with Gasteiger partial charge in [0.25, 0.3) is 0 Å². The Labute approximate surface area is 184 Å². The topological polar surface area (TPSA) is 54.8 Å². The van der Waals surface area contributed by atoms with E-state index in [1.165, 1.54) is 5.57 Å². The number of benzene rings is 1. The van der Waals surface area contributed by atoms with Crippen LogP contribution in [-0.2, 0) is 16.0 Å². The molecule has 1 aliphatic heterocycles. The van der Waals surface area contributed by atoms with Gasteiger partial charge in [0.1, 0.15) is 5.60 Å². The van der Waals surface area contributed by atoms with Crippen molar-refractivity contribution in [2.75, 3.05) is 26.7 Å². The first-order valence-corrected chi connectivity index (χ1v) is 11.2. The van der Waals surface area contributed by atoms with Gasteiger partial charge < -0.3 is 9.64 Å². The molecule has 6 heteroatoms. The molecule has 2 heterocycles. The Morgan fingerprint density at radius 3 is 2.55 bits per heavy atom. The number of hydrogen-bond donors (Lipinski definition) is 0. The van der Waals surface area contributed by atoms with Gasteiger partial charge >= 0.3 is 6.09 Å². The lowest BCUT2D eigenvalue weighted by Gasteiger charge is -2.40. The van der Waals surface area contributed by atoms with E-state index in [0.717, 1.165) is 41.5 Å². The van der Waals surface area contributed by atoms with E-state index in [9.17, 15) is 9.59 Å². The first-order valence-electron chi connectivity index (χ1n) is 11.2. The van der Waals surface area contributed by atoms with Crippen molar-refractivity contribution >= 4 is 28.5 Å². The summed E-state index contributed by atoms with van der Waals surface area (Å²) < 4.78 is 7.27. The van der Waals surface area contributed by atoms with Gasteiger partial charge in [0.2, 0.25) is 5.91 Å². The maximum atomic E-state index is 13.1. The third-order valence-corrected chi connectivity index (χ3v) is 6.37. The maximum absolute atomic E-state index is 13.1. The highest BCUT2D eigenvalue weighted by Gasteiger charge is 2.37. The normalized spacial score (nSPS) is 20.9. The second-order valence-electron chi connectivity index (χ2n) is 9.60. The van der Waals surface area contributed by atoms with Crippen LogP contribution >= 0.6 is 0 Å². The van der Waals surface area contributed by atoms with E-state index in [1.807, 2.05) is 57.8 Å². The number of rotatable bonds is 3. The van der Waals surface area contributed by atoms with E-state index < -0.39 is 5.60 Å². The number of hydrogen-bond acceptors (Lipinski definition) is 4. The lowest BCUT2D eigenvalue weighted by molar-refractivity contribution is -0.134. The first kappa shape index (κ1) is 21.6. The van der Waals surface area contributed by atoms with Gasteiger partial charge in [-0.25, -0.2) is 4.79 Å². The van der Waals surface area contributed by atoms with Crippen LogP contribution in [0.1, 0.15) is 45.7 Å². The highest BCUT2D eigenvalue weighted by molar-refractivity contribution is 6.02. The van der Waals surface area contributed by atoms with Crippen molar-refractivity contribution in [1.29, 1.82) is 0 Å². The van der Waals surface area contributed by atoms with Gasteiger partial charge in [0.05, 0.1) is 11.4 Å². The van der Waals surface area contributed by atoms with Crippen LogP contribution in [0.25, 0.3) is 16.5 Å². The molecule has 1 aromatic heterocycles. The van der Waals surface area contributed by atoms with E-state index in [0.29, 0.717) is 6.54 Å². The Balaban J connectivity index is 1.79. The fraction of sp³-hybridized carbons (Fsp3) is 0.520. The van der Waals surface area contributed by atoms with Crippen molar-refractivity contribution in [3.63, 3.8) is 0 Å². The van der Waals surface area contributed by atoms with Crippen molar-refractivity contribution in [2.24, 2.45) is 5.92 Å². The van der Waals surface area contributed by atoms with E-state index >= 15 is 0 Å². The van der Waals surface area contributed by atoms with Crippen LogP contribution in [0.15, 0.2) is 30.5 Å². The van der Waals surface area contributed by atoms with E-state index in [4.69, 9.17) is 4.74 Å². The number of ether oxygens (including phenoxy) is 1. The molecule has 2 unspecified atom stereocenters. The summed E-state index contributed by atoms with van der Waals surface area (Å²) in [4.78, 5) is 30.1. The van der Waals surface area contributed by atoms with Gasteiger partial charge in [-0.1, -0.05) is 18.2 Å². The van der Waals surface area contributed by atoms with Gasteiger partial charge in [-0.15, -0.1) is 0 Å². The van der Waals surface area contributed by atoms with Crippen molar-refractivity contribution in [3.8, 4) is 0 Å². The first-order chi connectivity index (χ1) is 14.6. The molecule has 1 aromatic carbocycles. The van der Waals surface area contributed by atoms with Crippen molar-refractivity contribution in [1.82, 2.24) is 14.4 Å². The number of likely N-dealkylation sites (N-methyl/N-ethyl adjacent to an activating group) is 1. The molecule has 0 bridgehead atoms. The van der Waals surface area contributed by atoms with Crippen LogP contribution in [-0.4, -0.2) is 64.7 Å². The molecule has 0 N–H and O–H groups in total. The third-order valence-electron chi connectivity index (χ3n) is 6.37. The predicted octanol–water partition coefficient (Wildman–Crippen LogP) is 4.16. The third kappa shape index (κ3) is 3.78. The summed E-state index contributed by atoms with van der Waals surface area (Å²) in [5, 5.41) is 1.10. The highest BCUT2D eigenvalue weighted by atomic mass is 16.6. The highest BCUT2D eigenvalue weighted by Crippen LogP contribution is 2.42. The predicted molar refractivity (Wildman–Crippen MR) is 123 cm³/mol. The molecule has 0 fully saturated rings. The molecule has 1 amide bonds. The van der Waals surface area contributed by atoms with E-state index in [2.05, 4.69) is 24.1 Å². The molecular formula is C25H33N3O3. The Morgan fingerprint density at radius 2 is 1.90 bits per heavy atom. The summed E-state index contributed by atoms with van der Waals surface area (Å²) in [7, 11) is 2.09. The number of aromatic nitrogens is 1. The van der Waals surface area contributed by atoms with Crippen LogP contribution < -0.4 is 0 Å². The molecule has 0 spiro atoms. The van der Waals surface area contributed by atoms with Gasteiger partial charge in [-0.05, 0) is 70.9 Å². The maximum Gasteiger partial charge on any atom is 0.419 e. The number of nitrogens with zero attached hydrogens (tertiary/aromatic N) is 3. The largest absolute Gasteiger partial charge is 0.443 e. The second kappa shape index (κ2) is 7.83. The standard InChI is InChI=1S/C25H33N3O3/c1-7-27(8-2)23(29)17-12-19-18-10-9-11-20-22(18)16(13-21(19)26(6)14-17)15-28(20)24(30)31-25(3,4)5/h9-12,15,17,21H,7-8,13-14H2,1-6H3. The molecular weight excluding hydrogens is 390 g/mol. The molecule has 1 aliphatic carbocycles. The minimum Gasteiger partial charge on any atom is -0.443 e. The molecule has 166 valence electrons. The number of carbonyl (C=O) groups excluding carboxylic acids is 2. The molecule has 0 saturated carbocycles. The summed E-state index contributed by atoms with van der Waals surface area (Å²) in [5.74, 6) is 0.0352. The molecule has 4 rings (SSSR count). The lowest BCUT2D eigenvalue weighted by Crippen LogP contribution is -2.47. The summed E-state index contributed by atoms with van der Waals surface area (Å²) >= 11 is 0. The van der Waals surface area contributed by atoms with Gasteiger partial charge in [0, 0.05) is 37.3 Å². The monoisotopic (exact) mass is 423 g/mol. The quantitative estimate of drug-likeness (QED) is 0.744. The molecule has 0 radical (unpaired) electrons. The van der Waals surface area contributed by atoms with Crippen LogP contribution in [0.2, 0.25) is 0 Å². The fourth-order valence-corrected chi connectivity index (χ4v) is 4.94. The van der Waals surface area contributed by atoms with Gasteiger partial charge in [-0.2, -0.15) is 0 Å². The summed E-state index contributed by atoms with van der Waals surface area (Å²) in [6.07, 6.45) is 4.56. The van der Waals surface area contributed by atoms with E-state index in [1.54, 1.807) is 4.57 Å². The Kier molecular flexibility index (Phi) is 5.46. The molecule has 6 nitrogen and oxygen atoms in total. The summed E-state index contributed by atoms with van der Waals surface area (Å²) in [6, 6.07) is 6.27. The zero-order valence-electron chi connectivity index (χ0n) is 19.4. The SMILES string of the molecule is CCN(CC)C(=O)C1C=C2c3cccc4c3c(cn4C(=O)OC(C)(C)C)CC2N(C)C1. The smallest absolute Gasteiger partial charge is 0.419 e. The number of fused-ring (bicyclic) bond motifs is 2. The second-order valence-corrected chi connectivity index (χ2v) is 9.60. The zero-order chi connectivity index (χ0) is 22.5. The molecule has 0 saturated heterocycles. The van der Waals surface area contributed by atoms with Crippen LogP contribution in [0.4, 0.5) is 4.79 Å². The number of carbonyl (C=O) groups is 2. The van der Waals surface area contributed by atoms with Gasteiger partial charge in [0.15, 0.2) is 0 Å². The summed E-state index contributed by atoms with van der Waals surface area (Å²) in [5.41, 5.74) is 3.77. The zero-order valence-corrected chi connectivity index (χ0v) is 19.4. The van der Waals surface area contributed by atoms with Crippen molar-refractivity contribution in [3.05, 3.63) is 41.6 Å². The van der Waals surface area contributed by atoms with Crippen LogP contribution in [0, 0.1) is 5.92 Å². The molecule has 2 aliphatic rings. The average molecular weight is 424 g/mol. The Bertz CT molecular complexity index is 1060. The van der Waals surface area contributed by atoms with Gasteiger partial charge in [-0.3, -0.25) is 14.3 Å². The Morgan fingerprint density at radius 1 is 1.19 bits per heavy atom. The van der Waals surface area contributed by atoms with Crippen LogP contribution in [0.5, 0.6) is 0 Å². The van der Waals surface area contributed by atoms with Crippen molar-refractivity contribution in [2.45, 2.75) is 52.7 Å². The lowest BCUT2D eigenvalue weighted by atomic mass is 9.79. The van der Waals surface area contributed by atoms with Crippen molar-refractivity contribution < 1.29 is 14.3 Å². The van der Waals surface area contributed by atoms with E-state index in [-0.39, 0.29) is 24.0 Å². The molecule has 2 aromatic rings. The van der Waals surface area contributed by atoms with Crippen LogP contribution in [0.3, 0.4) is 0 Å². The summed E-state index contributed by atoms with van der Waals surface area (Å²) in [6.45, 7) is 11.8. The fourth-order valence-electron chi connectivity index (χ4n) is 4.94. The molecule has 2 atom stereocenters. The number of amides is 1. The minimum absolute atomic E-state index is 0.152.